The number of nitrogens with zero attached hydrogens (tertiary/aromatic N) is 2. The molecule has 3 N–H and O–H groups in total. The molecule has 0 saturated heterocycles. The summed E-state index contributed by atoms with van der Waals surface area (Å²) in [4.78, 5) is 9.25. The standard InChI is InChI=1S/C13H13F3N4OS.HI/c1-8-11(22-7-19-8)6-18-12(17)20-9-2-4-10(5-3-9)21-13(14,15)16;/h2-5,7H,6H2,1H3,(H3,17,18,20);1H. The average Bonchev–Trinajstić information content (AvgIpc) is 2.83. The van der Waals surface area contributed by atoms with Gasteiger partial charge in [0.25, 0.3) is 0 Å². The maximum absolute atomic E-state index is 12.0. The summed E-state index contributed by atoms with van der Waals surface area (Å²) in [5.74, 6) is -0.133. The highest BCUT2D eigenvalue weighted by Gasteiger charge is 2.30. The van der Waals surface area contributed by atoms with Crippen LogP contribution in [0.2, 0.25) is 0 Å². The van der Waals surface area contributed by atoms with E-state index in [1.165, 1.54) is 35.6 Å². The number of benzene rings is 1. The lowest BCUT2D eigenvalue weighted by Gasteiger charge is -2.10. The van der Waals surface area contributed by atoms with E-state index < -0.39 is 6.36 Å². The number of ether oxygens (including phenoxy) is 1. The van der Waals surface area contributed by atoms with Crippen LogP contribution in [0, 0.1) is 6.92 Å². The number of nitrogens with one attached hydrogen (secondary N) is 1. The highest BCUT2D eigenvalue weighted by molar-refractivity contribution is 14.0. The van der Waals surface area contributed by atoms with Gasteiger partial charge in [-0.15, -0.1) is 48.5 Å². The minimum atomic E-state index is -4.71. The number of halogens is 4. The van der Waals surface area contributed by atoms with Crippen molar-refractivity contribution in [1.29, 1.82) is 0 Å². The van der Waals surface area contributed by atoms with Gasteiger partial charge < -0.3 is 15.8 Å². The number of alkyl halides is 3. The molecule has 0 spiro atoms. The Bertz CT molecular complexity index is 658. The van der Waals surface area contributed by atoms with Crippen molar-refractivity contribution in [3.63, 3.8) is 0 Å². The maximum Gasteiger partial charge on any atom is 0.573 e. The summed E-state index contributed by atoms with van der Waals surface area (Å²) in [6.07, 6.45) is -4.71. The number of anilines is 1. The van der Waals surface area contributed by atoms with E-state index in [1.807, 2.05) is 6.92 Å². The largest absolute Gasteiger partial charge is 0.573 e. The molecule has 0 atom stereocenters. The number of guanidine groups is 1. The number of thiazole rings is 1. The second-order valence-electron chi connectivity index (χ2n) is 4.26. The Morgan fingerprint density at radius 2 is 2.00 bits per heavy atom. The zero-order valence-electron chi connectivity index (χ0n) is 11.9. The average molecular weight is 458 g/mol. The summed E-state index contributed by atoms with van der Waals surface area (Å²) < 4.78 is 39.9. The Labute approximate surface area is 151 Å². The van der Waals surface area contributed by atoms with Crippen LogP contribution in [0.3, 0.4) is 0 Å². The predicted molar refractivity (Wildman–Crippen MR) is 94.3 cm³/mol. The first-order valence-electron chi connectivity index (χ1n) is 6.15. The fourth-order valence-electron chi connectivity index (χ4n) is 1.56. The van der Waals surface area contributed by atoms with Gasteiger partial charge in [0.05, 0.1) is 17.7 Å². The Morgan fingerprint density at radius 3 is 2.52 bits per heavy atom. The number of aryl methyl sites for hydroxylation is 1. The minimum Gasteiger partial charge on any atom is -0.406 e. The fourth-order valence-corrected chi connectivity index (χ4v) is 2.26. The molecule has 0 amide bonds. The van der Waals surface area contributed by atoms with Gasteiger partial charge in [0.2, 0.25) is 0 Å². The molecule has 0 radical (unpaired) electrons. The molecule has 10 heteroatoms. The zero-order valence-corrected chi connectivity index (χ0v) is 15.1. The molecule has 2 rings (SSSR count). The molecule has 1 aromatic heterocycles. The summed E-state index contributed by atoms with van der Waals surface area (Å²) in [6.45, 7) is 2.27. The number of hydrogen-bond donors (Lipinski definition) is 2. The molecule has 2 aromatic rings. The number of aliphatic imine (C=N–C) groups is 1. The lowest BCUT2D eigenvalue weighted by atomic mass is 10.3. The molecule has 1 heterocycles. The summed E-state index contributed by atoms with van der Waals surface area (Å²) >= 11 is 1.48. The summed E-state index contributed by atoms with van der Waals surface area (Å²) in [7, 11) is 0. The van der Waals surface area contributed by atoms with Crippen LogP contribution in [-0.2, 0) is 6.54 Å². The quantitative estimate of drug-likeness (QED) is 0.415. The third kappa shape index (κ3) is 6.60. The van der Waals surface area contributed by atoms with E-state index in [0.29, 0.717) is 12.2 Å². The Kier molecular flexibility index (Phi) is 7.06. The van der Waals surface area contributed by atoms with Crippen molar-refractivity contribution in [2.24, 2.45) is 10.7 Å². The lowest BCUT2D eigenvalue weighted by Crippen LogP contribution is -2.22. The van der Waals surface area contributed by atoms with Crippen molar-refractivity contribution in [2.45, 2.75) is 19.8 Å². The predicted octanol–water partition coefficient (Wildman–Crippen LogP) is 3.89. The summed E-state index contributed by atoms with van der Waals surface area (Å²) in [5.41, 5.74) is 8.86. The Morgan fingerprint density at radius 1 is 1.35 bits per heavy atom. The third-order valence-corrected chi connectivity index (χ3v) is 3.52. The summed E-state index contributed by atoms with van der Waals surface area (Å²) in [6, 6.07) is 5.22. The first-order valence-corrected chi connectivity index (χ1v) is 7.03. The maximum atomic E-state index is 12.0. The number of hydrogen-bond acceptors (Lipinski definition) is 4. The van der Waals surface area contributed by atoms with Crippen LogP contribution in [0.5, 0.6) is 5.75 Å². The lowest BCUT2D eigenvalue weighted by molar-refractivity contribution is -0.274. The fraction of sp³-hybridized carbons (Fsp3) is 0.231. The van der Waals surface area contributed by atoms with Gasteiger partial charge in [0, 0.05) is 10.6 Å². The van der Waals surface area contributed by atoms with Gasteiger partial charge in [-0.2, -0.15) is 0 Å². The Hall–Kier alpha value is -1.56. The van der Waals surface area contributed by atoms with E-state index in [0.717, 1.165) is 10.6 Å². The third-order valence-electron chi connectivity index (χ3n) is 2.60. The highest BCUT2D eigenvalue weighted by atomic mass is 127. The molecular formula is C13H14F3IN4OS. The molecular weight excluding hydrogens is 444 g/mol. The van der Waals surface area contributed by atoms with Crippen LogP contribution in [0.4, 0.5) is 18.9 Å². The molecule has 0 aliphatic heterocycles. The van der Waals surface area contributed by atoms with Crippen LogP contribution < -0.4 is 15.8 Å². The van der Waals surface area contributed by atoms with Gasteiger partial charge in [-0.25, -0.2) is 9.98 Å². The van der Waals surface area contributed by atoms with Gasteiger partial charge >= 0.3 is 6.36 Å². The van der Waals surface area contributed by atoms with Gasteiger partial charge in [-0.1, -0.05) is 0 Å². The molecule has 0 fully saturated rings. The van der Waals surface area contributed by atoms with Crippen molar-refractivity contribution < 1.29 is 17.9 Å². The molecule has 0 bridgehead atoms. The first-order chi connectivity index (χ1) is 10.3. The first kappa shape index (κ1) is 19.5. The molecule has 126 valence electrons. The van der Waals surface area contributed by atoms with Crippen LogP contribution in [-0.4, -0.2) is 17.3 Å². The van der Waals surface area contributed by atoms with Gasteiger partial charge in [0.15, 0.2) is 5.96 Å². The molecule has 0 unspecified atom stereocenters. The van der Waals surface area contributed by atoms with Crippen LogP contribution in [0.15, 0.2) is 34.8 Å². The smallest absolute Gasteiger partial charge is 0.406 e. The van der Waals surface area contributed by atoms with Crippen molar-refractivity contribution >= 4 is 47.0 Å². The van der Waals surface area contributed by atoms with Gasteiger partial charge in [0.1, 0.15) is 5.75 Å². The van der Waals surface area contributed by atoms with E-state index in [1.54, 1.807) is 5.51 Å². The van der Waals surface area contributed by atoms with Crippen molar-refractivity contribution in [2.75, 3.05) is 5.32 Å². The summed E-state index contributed by atoms with van der Waals surface area (Å²) in [5, 5.41) is 2.79. The number of nitrogens with two attached hydrogens (primary N) is 1. The second-order valence-corrected chi connectivity index (χ2v) is 5.20. The van der Waals surface area contributed by atoms with Gasteiger partial charge in [-0.05, 0) is 31.2 Å². The van der Waals surface area contributed by atoms with Crippen molar-refractivity contribution in [3.8, 4) is 5.75 Å². The molecule has 1 aromatic carbocycles. The molecule has 23 heavy (non-hydrogen) atoms. The normalized spacial score (nSPS) is 11.7. The van der Waals surface area contributed by atoms with E-state index in [4.69, 9.17) is 5.73 Å². The zero-order chi connectivity index (χ0) is 16.2. The van der Waals surface area contributed by atoms with Crippen LogP contribution in [0.1, 0.15) is 10.6 Å². The topological polar surface area (TPSA) is 72.5 Å². The number of aromatic nitrogens is 1. The van der Waals surface area contributed by atoms with E-state index in [9.17, 15) is 13.2 Å². The SMILES string of the molecule is Cc1ncsc1CN=C(N)Nc1ccc(OC(F)(F)F)cc1.I. The van der Waals surface area contributed by atoms with E-state index in [2.05, 4.69) is 20.0 Å². The monoisotopic (exact) mass is 458 g/mol. The van der Waals surface area contributed by atoms with E-state index in [-0.39, 0.29) is 35.7 Å². The Balaban J connectivity index is 0.00000264. The van der Waals surface area contributed by atoms with Gasteiger partial charge in [-0.3, -0.25) is 0 Å². The van der Waals surface area contributed by atoms with E-state index >= 15 is 0 Å². The molecule has 0 aliphatic carbocycles. The van der Waals surface area contributed by atoms with Crippen LogP contribution in [0.25, 0.3) is 0 Å². The molecule has 0 aliphatic rings. The van der Waals surface area contributed by atoms with Crippen LogP contribution >= 0.6 is 35.3 Å². The molecule has 0 saturated carbocycles. The van der Waals surface area contributed by atoms with Crippen molar-refractivity contribution in [1.82, 2.24) is 4.98 Å². The highest BCUT2D eigenvalue weighted by Crippen LogP contribution is 2.23. The second kappa shape index (κ2) is 8.34. The molecule has 5 nitrogen and oxygen atoms in total. The van der Waals surface area contributed by atoms with Crippen molar-refractivity contribution in [3.05, 3.63) is 40.3 Å². The number of rotatable bonds is 4. The minimum absolute atomic E-state index is 0.